The van der Waals surface area contributed by atoms with Crippen LogP contribution in [0.3, 0.4) is 0 Å². The highest BCUT2D eigenvalue weighted by atomic mass is 16.5. The van der Waals surface area contributed by atoms with Crippen molar-refractivity contribution in [2.24, 2.45) is 0 Å². The molecule has 0 saturated carbocycles. The minimum absolute atomic E-state index is 0.583. The fourth-order valence-electron chi connectivity index (χ4n) is 2.67. The zero-order valence-corrected chi connectivity index (χ0v) is 12.0. The second kappa shape index (κ2) is 6.78. The Bertz CT molecular complexity index is 408. The molecule has 1 aromatic carbocycles. The zero-order valence-electron chi connectivity index (χ0n) is 12.0. The maximum absolute atomic E-state index is 5.89. The van der Waals surface area contributed by atoms with E-state index < -0.39 is 0 Å². The summed E-state index contributed by atoms with van der Waals surface area (Å²) in [7, 11) is 1.74. The topological polar surface area (TPSA) is 50.5 Å². The molecule has 0 bridgehead atoms. The fourth-order valence-corrected chi connectivity index (χ4v) is 2.67. The van der Waals surface area contributed by atoms with Gasteiger partial charge in [0.2, 0.25) is 0 Å². The first-order valence-corrected chi connectivity index (χ1v) is 7.05. The Hall–Kier alpha value is -1.26. The van der Waals surface area contributed by atoms with Gasteiger partial charge in [0.15, 0.2) is 0 Å². The van der Waals surface area contributed by atoms with E-state index >= 15 is 0 Å². The molecule has 1 heterocycles. The third kappa shape index (κ3) is 3.61. The van der Waals surface area contributed by atoms with Crippen molar-refractivity contribution in [1.82, 2.24) is 5.32 Å². The highest BCUT2D eigenvalue weighted by Gasteiger charge is 2.24. The Balaban J connectivity index is 1.95. The maximum Gasteiger partial charge on any atom is 0.0587 e. The summed E-state index contributed by atoms with van der Waals surface area (Å²) < 4.78 is 5.06. The van der Waals surface area contributed by atoms with Gasteiger partial charge in [0.1, 0.15) is 0 Å². The molecule has 0 radical (unpaired) electrons. The van der Waals surface area contributed by atoms with E-state index in [1.807, 2.05) is 6.07 Å². The van der Waals surface area contributed by atoms with Crippen LogP contribution in [0.5, 0.6) is 0 Å². The van der Waals surface area contributed by atoms with E-state index in [0.29, 0.717) is 6.04 Å². The van der Waals surface area contributed by atoms with Crippen molar-refractivity contribution >= 4 is 11.4 Å². The summed E-state index contributed by atoms with van der Waals surface area (Å²) in [5.41, 5.74) is 9.22. The van der Waals surface area contributed by atoms with Crippen molar-refractivity contribution in [2.45, 2.75) is 25.8 Å². The maximum atomic E-state index is 5.89. The first-order valence-electron chi connectivity index (χ1n) is 7.05. The van der Waals surface area contributed by atoms with Gasteiger partial charge < -0.3 is 20.7 Å². The molecule has 1 unspecified atom stereocenters. The quantitative estimate of drug-likeness (QED) is 0.607. The highest BCUT2D eigenvalue weighted by Crippen LogP contribution is 2.27. The van der Waals surface area contributed by atoms with E-state index in [2.05, 4.69) is 29.3 Å². The van der Waals surface area contributed by atoms with Gasteiger partial charge in [-0.05, 0) is 43.5 Å². The molecule has 4 nitrogen and oxygen atoms in total. The summed E-state index contributed by atoms with van der Waals surface area (Å²) in [5.74, 6) is 0. The first kappa shape index (κ1) is 14.2. The minimum atomic E-state index is 0.583. The van der Waals surface area contributed by atoms with Gasteiger partial charge in [0.05, 0.1) is 6.61 Å². The molecule has 1 aliphatic rings. The number of nitrogen functional groups attached to an aromatic ring is 1. The number of methoxy groups -OCH3 is 1. The van der Waals surface area contributed by atoms with Crippen molar-refractivity contribution in [2.75, 3.05) is 44.0 Å². The molecule has 0 aliphatic carbocycles. The molecule has 1 atom stereocenters. The van der Waals surface area contributed by atoms with Crippen molar-refractivity contribution < 1.29 is 4.74 Å². The Labute approximate surface area is 115 Å². The summed E-state index contributed by atoms with van der Waals surface area (Å²) in [6.07, 6.45) is 2.52. The van der Waals surface area contributed by atoms with Crippen LogP contribution in [-0.2, 0) is 4.74 Å². The number of ether oxygens (including phenoxy) is 1. The normalized spacial score (nSPS) is 19.1. The summed E-state index contributed by atoms with van der Waals surface area (Å²) >= 11 is 0. The van der Waals surface area contributed by atoms with E-state index in [1.165, 1.54) is 18.5 Å². The number of rotatable bonds is 6. The van der Waals surface area contributed by atoms with Crippen LogP contribution in [0.25, 0.3) is 0 Å². The Morgan fingerprint density at radius 2 is 2.32 bits per heavy atom. The van der Waals surface area contributed by atoms with Crippen LogP contribution in [-0.4, -0.2) is 39.4 Å². The van der Waals surface area contributed by atoms with E-state index in [1.54, 1.807) is 7.11 Å². The van der Waals surface area contributed by atoms with Crippen LogP contribution >= 0.6 is 0 Å². The molecule has 1 saturated heterocycles. The van der Waals surface area contributed by atoms with Crippen LogP contribution in [0.4, 0.5) is 11.4 Å². The van der Waals surface area contributed by atoms with Gasteiger partial charge in [-0.25, -0.2) is 0 Å². The van der Waals surface area contributed by atoms with Gasteiger partial charge in [-0.2, -0.15) is 0 Å². The number of aryl methyl sites for hydroxylation is 1. The molecular weight excluding hydrogens is 238 g/mol. The number of nitrogens with one attached hydrogen (secondary N) is 1. The average molecular weight is 263 g/mol. The minimum Gasteiger partial charge on any atom is -0.399 e. The second-order valence-corrected chi connectivity index (χ2v) is 5.23. The number of hydrogen-bond acceptors (Lipinski definition) is 4. The lowest BCUT2D eigenvalue weighted by Gasteiger charge is -2.27. The number of hydrogen-bond donors (Lipinski definition) is 2. The van der Waals surface area contributed by atoms with E-state index in [4.69, 9.17) is 10.5 Å². The monoisotopic (exact) mass is 263 g/mol. The highest BCUT2D eigenvalue weighted by molar-refractivity contribution is 5.58. The van der Waals surface area contributed by atoms with Gasteiger partial charge in [0.25, 0.3) is 0 Å². The predicted molar refractivity (Wildman–Crippen MR) is 80.7 cm³/mol. The van der Waals surface area contributed by atoms with Crippen LogP contribution < -0.4 is 16.0 Å². The molecule has 106 valence electrons. The average Bonchev–Trinajstić information content (AvgIpc) is 2.86. The van der Waals surface area contributed by atoms with Gasteiger partial charge >= 0.3 is 0 Å². The van der Waals surface area contributed by atoms with Crippen LogP contribution in [0.15, 0.2) is 18.2 Å². The van der Waals surface area contributed by atoms with Crippen molar-refractivity contribution in [3.05, 3.63) is 23.8 Å². The van der Waals surface area contributed by atoms with Crippen LogP contribution in [0.2, 0.25) is 0 Å². The third-order valence-corrected chi connectivity index (χ3v) is 3.83. The van der Waals surface area contributed by atoms with Gasteiger partial charge in [0, 0.05) is 44.2 Å². The zero-order chi connectivity index (χ0) is 13.7. The molecule has 1 fully saturated rings. The second-order valence-electron chi connectivity index (χ2n) is 5.23. The lowest BCUT2D eigenvalue weighted by molar-refractivity contribution is 0.199. The standard InChI is InChI=1S/C15H25N3O/c1-12-10-13(5-6-15(12)16)18-8-3-4-14(18)11-17-7-9-19-2/h5-6,10,14,17H,3-4,7-9,11,16H2,1-2H3. The lowest BCUT2D eigenvalue weighted by atomic mass is 10.1. The van der Waals surface area contributed by atoms with Crippen LogP contribution in [0, 0.1) is 6.92 Å². The van der Waals surface area contributed by atoms with Gasteiger partial charge in [-0.1, -0.05) is 0 Å². The largest absolute Gasteiger partial charge is 0.399 e. The summed E-state index contributed by atoms with van der Waals surface area (Å²) in [6, 6.07) is 6.93. The summed E-state index contributed by atoms with van der Waals surface area (Å²) in [5, 5.41) is 3.46. The molecule has 0 aromatic heterocycles. The van der Waals surface area contributed by atoms with E-state index in [0.717, 1.165) is 37.5 Å². The third-order valence-electron chi connectivity index (χ3n) is 3.83. The van der Waals surface area contributed by atoms with E-state index in [-0.39, 0.29) is 0 Å². The van der Waals surface area contributed by atoms with Crippen molar-refractivity contribution in [1.29, 1.82) is 0 Å². The molecule has 0 spiro atoms. The molecule has 4 heteroatoms. The predicted octanol–water partition coefficient (Wildman–Crippen LogP) is 1.78. The number of benzene rings is 1. The van der Waals surface area contributed by atoms with Gasteiger partial charge in [-0.3, -0.25) is 0 Å². The molecule has 0 amide bonds. The van der Waals surface area contributed by atoms with E-state index in [9.17, 15) is 0 Å². The molecule has 1 aromatic rings. The number of nitrogens with two attached hydrogens (primary N) is 1. The fraction of sp³-hybridized carbons (Fsp3) is 0.600. The Morgan fingerprint density at radius 1 is 1.47 bits per heavy atom. The van der Waals surface area contributed by atoms with Crippen molar-refractivity contribution in [3.8, 4) is 0 Å². The van der Waals surface area contributed by atoms with Crippen LogP contribution in [0.1, 0.15) is 18.4 Å². The SMILES string of the molecule is COCCNCC1CCCN1c1ccc(N)c(C)c1. The molecular formula is C15H25N3O. The molecule has 2 rings (SSSR count). The number of nitrogens with zero attached hydrogens (tertiary/aromatic N) is 1. The Kier molecular flexibility index (Phi) is 5.05. The van der Waals surface area contributed by atoms with Crippen molar-refractivity contribution in [3.63, 3.8) is 0 Å². The van der Waals surface area contributed by atoms with Gasteiger partial charge in [-0.15, -0.1) is 0 Å². The Morgan fingerprint density at radius 3 is 3.05 bits per heavy atom. The molecule has 3 N–H and O–H groups in total. The smallest absolute Gasteiger partial charge is 0.0587 e. The lowest BCUT2D eigenvalue weighted by Crippen LogP contribution is -2.39. The summed E-state index contributed by atoms with van der Waals surface area (Å²) in [6.45, 7) is 5.92. The molecule has 19 heavy (non-hydrogen) atoms. The molecule has 1 aliphatic heterocycles. The summed E-state index contributed by atoms with van der Waals surface area (Å²) in [4.78, 5) is 2.49. The number of anilines is 2. The first-order chi connectivity index (χ1) is 9.22.